The van der Waals surface area contributed by atoms with Gasteiger partial charge in [0.25, 0.3) is 0 Å². The Morgan fingerprint density at radius 2 is 1.19 bits per heavy atom. The van der Waals surface area contributed by atoms with Gasteiger partial charge >= 0.3 is 0 Å². The molecule has 3 aliphatic heterocycles. The molecule has 0 unspecified atom stereocenters. The van der Waals surface area contributed by atoms with Crippen LogP contribution in [0.2, 0.25) is 0 Å². The predicted octanol–water partition coefficient (Wildman–Crippen LogP) is 3.71. The maximum atomic E-state index is 8.87. The molecule has 4 aromatic heterocycles. The molecular formula is C37H51N13O2. The van der Waals surface area contributed by atoms with Crippen molar-refractivity contribution in [3.05, 3.63) is 58.6 Å². The van der Waals surface area contributed by atoms with Gasteiger partial charge in [0.05, 0.1) is 48.9 Å². The van der Waals surface area contributed by atoms with Crippen molar-refractivity contribution < 1.29 is 9.47 Å². The van der Waals surface area contributed by atoms with E-state index >= 15 is 0 Å². The molecule has 3 aliphatic rings. The van der Waals surface area contributed by atoms with Crippen molar-refractivity contribution in [2.24, 2.45) is 15.7 Å². The highest BCUT2D eigenvalue weighted by atomic mass is 16.5. The van der Waals surface area contributed by atoms with Crippen LogP contribution < -0.4 is 21.7 Å². The lowest BCUT2D eigenvalue weighted by Gasteiger charge is -2.26. The van der Waals surface area contributed by atoms with Crippen molar-refractivity contribution in [3.63, 3.8) is 0 Å². The summed E-state index contributed by atoms with van der Waals surface area (Å²) < 4.78 is 14.9. The quantitative estimate of drug-likeness (QED) is 0.137. The van der Waals surface area contributed by atoms with E-state index in [-0.39, 0.29) is 5.71 Å². The number of hydrogen-bond donors (Lipinski definition) is 5. The predicted molar refractivity (Wildman–Crippen MR) is 207 cm³/mol. The minimum atomic E-state index is 0.158. The number of morpholine rings is 2. The molecule has 52 heavy (non-hydrogen) atoms. The third kappa shape index (κ3) is 7.67. The molecule has 0 spiro atoms. The molecule has 0 aliphatic carbocycles. The smallest absolute Gasteiger partial charge is 0.175 e. The van der Waals surface area contributed by atoms with Gasteiger partial charge in [-0.3, -0.25) is 15.2 Å². The summed E-state index contributed by atoms with van der Waals surface area (Å²) in [5.41, 5.74) is 14.4. The second-order valence-corrected chi connectivity index (χ2v) is 13.7. The Kier molecular flexibility index (Phi) is 10.8. The lowest BCUT2D eigenvalue weighted by Crippen LogP contribution is -2.42. The van der Waals surface area contributed by atoms with Crippen LogP contribution >= 0.6 is 0 Å². The average Bonchev–Trinajstić information content (AvgIpc) is 3.69. The lowest BCUT2D eigenvalue weighted by molar-refractivity contribution is 0.0378. The maximum absolute atomic E-state index is 8.87. The van der Waals surface area contributed by atoms with Crippen LogP contribution in [0.1, 0.15) is 35.4 Å². The van der Waals surface area contributed by atoms with Crippen molar-refractivity contribution in [1.29, 1.82) is 5.41 Å². The van der Waals surface area contributed by atoms with E-state index < -0.39 is 0 Å². The van der Waals surface area contributed by atoms with Crippen LogP contribution in [0.25, 0.3) is 11.0 Å². The molecule has 0 atom stereocenters. The minimum absolute atomic E-state index is 0.158. The van der Waals surface area contributed by atoms with Crippen LogP contribution in [0.4, 0.5) is 23.0 Å². The van der Waals surface area contributed by atoms with Crippen LogP contribution in [-0.2, 0) is 9.47 Å². The van der Waals surface area contributed by atoms with Gasteiger partial charge in [-0.2, -0.15) is 0 Å². The minimum Gasteiger partial charge on any atom is -0.396 e. The monoisotopic (exact) mass is 709 g/mol. The van der Waals surface area contributed by atoms with Crippen molar-refractivity contribution in [2.45, 2.75) is 40.5 Å². The number of fused-ring (bicyclic) bond motifs is 2. The molecule has 2 fully saturated rings. The van der Waals surface area contributed by atoms with Gasteiger partial charge in [-0.1, -0.05) is 12.1 Å². The number of nitrogens with one attached hydrogen (secondary N) is 4. The standard InChI is InChI=1S/C37H51N13O2/c1-24-7-9-30-32(36(45-49(30)26(24)3)40-11-5-13-47-15-19-51-20-16-47)42-34-28(38)23-29(39)35(44-34)43-33-31-10-8-25(2)27(4)50(31)46-37(33)41-12-6-14-48-17-21-52-22-18-48/h7-10,23,38H,5-6,11-22,39H2,1-4H3,(H,40,45)(H,41,46)(H,42,43,44). The molecule has 7 rings (SSSR count). The SMILES string of the molecule is Cc1ccc2c(N=C3NC(=Nc4c(NCCCN5CCOCC5)nn5c(C)c(C)ccc45)C(N)=CC3=N)c(NCCCN3CCOCC3)nn2c1C. The van der Waals surface area contributed by atoms with Crippen LogP contribution in [0.3, 0.4) is 0 Å². The van der Waals surface area contributed by atoms with Gasteiger partial charge in [0.1, 0.15) is 11.4 Å². The second-order valence-electron chi connectivity index (χ2n) is 13.7. The molecule has 0 aromatic carbocycles. The zero-order valence-corrected chi connectivity index (χ0v) is 30.8. The first kappa shape index (κ1) is 35.6. The summed E-state index contributed by atoms with van der Waals surface area (Å²) in [7, 11) is 0. The number of aliphatic imine (C=N–C) groups is 2. The van der Waals surface area contributed by atoms with Gasteiger partial charge in [-0.25, -0.2) is 19.0 Å². The van der Waals surface area contributed by atoms with Gasteiger partial charge in [-0.05, 0) is 83.0 Å². The van der Waals surface area contributed by atoms with Gasteiger partial charge in [0.2, 0.25) is 0 Å². The normalized spacial score (nSPS) is 19.2. The Labute approximate surface area is 304 Å². The van der Waals surface area contributed by atoms with Crippen molar-refractivity contribution in [3.8, 4) is 0 Å². The van der Waals surface area contributed by atoms with Crippen molar-refractivity contribution in [1.82, 2.24) is 34.3 Å². The molecule has 276 valence electrons. The van der Waals surface area contributed by atoms with E-state index in [1.807, 2.05) is 21.2 Å². The zero-order valence-electron chi connectivity index (χ0n) is 30.8. The molecule has 0 radical (unpaired) electrons. The summed E-state index contributed by atoms with van der Waals surface area (Å²) in [6.45, 7) is 18.7. The third-order valence-corrected chi connectivity index (χ3v) is 10.2. The van der Waals surface area contributed by atoms with Gasteiger partial charge < -0.3 is 31.2 Å². The Morgan fingerprint density at radius 3 is 1.67 bits per heavy atom. The molecule has 0 saturated carbocycles. The van der Waals surface area contributed by atoms with Crippen molar-refractivity contribution >= 4 is 51.4 Å². The fourth-order valence-corrected chi connectivity index (χ4v) is 6.71. The number of ether oxygens (including phenoxy) is 2. The Morgan fingerprint density at radius 1 is 0.731 bits per heavy atom. The Balaban J connectivity index is 1.17. The molecule has 7 heterocycles. The third-order valence-electron chi connectivity index (χ3n) is 10.2. The number of hydrogen-bond acceptors (Lipinski definition) is 12. The average molecular weight is 710 g/mol. The first-order valence-electron chi connectivity index (χ1n) is 18.3. The van der Waals surface area contributed by atoms with E-state index in [9.17, 15) is 0 Å². The van der Waals surface area contributed by atoms with E-state index in [0.717, 1.165) is 125 Å². The lowest BCUT2D eigenvalue weighted by atomic mass is 10.1. The highest BCUT2D eigenvalue weighted by Gasteiger charge is 2.24. The summed E-state index contributed by atoms with van der Waals surface area (Å²) >= 11 is 0. The first-order valence-corrected chi connectivity index (χ1v) is 18.3. The van der Waals surface area contributed by atoms with Crippen LogP contribution in [-0.4, -0.2) is 125 Å². The highest BCUT2D eigenvalue weighted by Crippen LogP contribution is 2.34. The van der Waals surface area contributed by atoms with E-state index in [1.54, 1.807) is 6.08 Å². The van der Waals surface area contributed by atoms with E-state index in [0.29, 0.717) is 40.4 Å². The summed E-state index contributed by atoms with van der Waals surface area (Å²) in [5.74, 6) is 2.08. The van der Waals surface area contributed by atoms with Gasteiger partial charge in [0.15, 0.2) is 23.3 Å². The molecule has 15 nitrogen and oxygen atoms in total. The van der Waals surface area contributed by atoms with Crippen LogP contribution in [0, 0.1) is 33.1 Å². The largest absolute Gasteiger partial charge is 0.396 e. The van der Waals surface area contributed by atoms with E-state index in [4.69, 9.17) is 40.8 Å². The molecular weight excluding hydrogens is 658 g/mol. The van der Waals surface area contributed by atoms with Crippen molar-refractivity contribution in [2.75, 3.05) is 89.4 Å². The van der Waals surface area contributed by atoms with E-state index in [2.05, 4.69) is 65.6 Å². The highest BCUT2D eigenvalue weighted by molar-refractivity contribution is 6.50. The van der Waals surface area contributed by atoms with Gasteiger partial charge in [0, 0.05) is 50.7 Å². The fourth-order valence-electron chi connectivity index (χ4n) is 6.71. The number of nitrogens with two attached hydrogens (primary N) is 1. The van der Waals surface area contributed by atoms with Gasteiger partial charge in [-0.15, -0.1) is 10.2 Å². The first-order chi connectivity index (χ1) is 25.3. The molecule has 2 saturated heterocycles. The summed E-state index contributed by atoms with van der Waals surface area (Å²) in [5, 5.41) is 29.1. The fraction of sp³-hybridized carbons (Fsp3) is 0.486. The number of aromatic nitrogens is 4. The number of pyridine rings is 2. The second kappa shape index (κ2) is 15.8. The number of anilines is 2. The van der Waals surface area contributed by atoms with Crippen LogP contribution in [0.5, 0.6) is 0 Å². The molecule has 0 amide bonds. The summed E-state index contributed by atoms with van der Waals surface area (Å²) in [4.78, 5) is 15.0. The number of rotatable bonds is 12. The molecule has 6 N–H and O–H groups in total. The molecule has 4 aromatic rings. The Bertz CT molecular complexity index is 2030. The summed E-state index contributed by atoms with van der Waals surface area (Å²) in [6, 6.07) is 8.22. The topological polar surface area (TPSA) is 170 Å². The Hall–Kier alpha value is -4.83. The number of aryl methyl sites for hydroxylation is 4. The van der Waals surface area contributed by atoms with Crippen LogP contribution in [0.15, 0.2) is 46.0 Å². The number of amidine groups is 2. The molecule has 0 bridgehead atoms. The maximum Gasteiger partial charge on any atom is 0.175 e. The van der Waals surface area contributed by atoms with E-state index in [1.165, 1.54) is 0 Å². The molecule has 15 heteroatoms. The zero-order chi connectivity index (χ0) is 36.2. The number of nitrogens with zero attached hydrogens (tertiary/aromatic N) is 8. The summed E-state index contributed by atoms with van der Waals surface area (Å²) in [6.07, 6.45) is 3.51.